The van der Waals surface area contributed by atoms with Crippen LogP contribution in [0.3, 0.4) is 0 Å². The number of rotatable bonds is 8. The van der Waals surface area contributed by atoms with Crippen LogP contribution in [0.15, 0.2) is 194 Å². The maximum atomic E-state index is 13.2. The molecule has 2 heterocycles. The monoisotopic (exact) mass is 1230 g/mol. The molecule has 8 aromatic rings. The van der Waals surface area contributed by atoms with Gasteiger partial charge in [-0.1, -0.05) is 120 Å². The zero-order valence-electron chi connectivity index (χ0n) is 31.0. The van der Waals surface area contributed by atoms with E-state index in [0.717, 1.165) is 24.3 Å². The van der Waals surface area contributed by atoms with E-state index in [4.69, 9.17) is 0 Å². The number of halogens is 6. The molecule has 59 heavy (non-hydrogen) atoms. The molecule has 12 heteroatoms. The molecule has 0 spiro atoms. The van der Waals surface area contributed by atoms with Crippen molar-refractivity contribution in [1.29, 1.82) is 0 Å². The Balaban J connectivity index is 0.000000203. The summed E-state index contributed by atoms with van der Waals surface area (Å²) in [6.07, 6.45) is 3.10. The SMILES string of the molecule is Fc1c[c-]c(-c2ccccn2)c(F)c1.Fc1c[c-]c(-c2ccccn2)c(F)c1.[Cl][Pt+].[Cl][Pt+].c1ccc([PH+](C[PH+](c2ccccc2)c2ccccc2)c2ccccc2)cc1. The summed E-state index contributed by atoms with van der Waals surface area (Å²) in [4.78, 5) is 7.89. The standard InChI is InChI=1S/C25H22P2.2C11H6F2N.2ClH.2Pt/c1-5-13-22(14-6-1)26(23-15-7-2-8-16-23)21-27(24-17-9-3-10-18-24)25-19-11-4-12-20-25;2*12-8-4-5-9(10(13)7-8)11-3-1-2-6-14-11;;;;/h1-20H,21H2;2*1-4,6-7H;2*1H;;/q;2*-1;;;2*+2. The number of nitrogens with zero attached hydrogens (tertiary/aromatic N) is 2. The summed E-state index contributed by atoms with van der Waals surface area (Å²) in [7, 11) is 7.53. The van der Waals surface area contributed by atoms with Crippen LogP contribution in [-0.2, 0) is 37.5 Å². The largest absolute Gasteiger partial charge is 0.174 e. The molecule has 0 atom stereocenters. The third-order valence-electron chi connectivity index (χ3n) is 8.40. The van der Waals surface area contributed by atoms with E-state index in [1.807, 2.05) is 0 Å². The Morgan fingerprint density at radius 2 is 0.712 bits per heavy atom. The molecule has 0 saturated carbocycles. The summed E-state index contributed by atoms with van der Waals surface area (Å²) in [6.45, 7) is 0. The Bertz CT molecular complexity index is 2120. The quantitative estimate of drug-likeness (QED) is 0.0861. The average Bonchev–Trinajstić information content (AvgIpc) is 3.30. The van der Waals surface area contributed by atoms with Crippen LogP contribution < -0.4 is 21.2 Å². The fourth-order valence-corrected chi connectivity index (χ4v) is 13.5. The van der Waals surface area contributed by atoms with E-state index < -0.39 is 39.1 Å². The molecule has 0 fully saturated rings. The molecular weight excluding hydrogens is 1190 g/mol. The van der Waals surface area contributed by atoms with Crippen LogP contribution >= 0.6 is 34.7 Å². The van der Waals surface area contributed by atoms with Crippen molar-refractivity contribution in [2.75, 3.05) is 5.90 Å². The minimum Gasteiger partial charge on any atom is -0.0620 e. The summed E-state index contributed by atoms with van der Waals surface area (Å²) in [5, 5.41) is 6.01. The van der Waals surface area contributed by atoms with Crippen molar-refractivity contribution in [2.24, 2.45) is 0 Å². The van der Waals surface area contributed by atoms with Crippen molar-refractivity contribution in [3.8, 4) is 22.5 Å². The summed E-state index contributed by atoms with van der Waals surface area (Å²) >= 11 is 3.22. The van der Waals surface area contributed by atoms with Crippen molar-refractivity contribution in [1.82, 2.24) is 9.97 Å². The molecule has 8 rings (SSSR count). The van der Waals surface area contributed by atoms with Crippen LogP contribution in [0.4, 0.5) is 17.6 Å². The second kappa shape index (κ2) is 27.1. The van der Waals surface area contributed by atoms with Gasteiger partial charge in [-0.25, -0.2) is 0 Å². The fourth-order valence-electron chi connectivity index (χ4n) is 5.78. The molecule has 6 aromatic carbocycles. The molecule has 0 aliphatic rings. The minimum absolute atomic E-state index is 0.187. The Kier molecular flexibility index (Phi) is 22.0. The van der Waals surface area contributed by atoms with Crippen LogP contribution in [-0.4, -0.2) is 15.9 Å². The van der Waals surface area contributed by atoms with Gasteiger partial charge in [0.2, 0.25) is 0 Å². The Hall–Kier alpha value is -3.84. The van der Waals surface area contributed by atoms with Crippen molar-refractivity contribution in [3.63, 3.8) is 0 Å². The first-order valence-corrected chi connectivity index (χ1v) is 26.7. The molecule has 0 aliphatic carbocycles. The molecule has 304 valence electrons. The van der Waals surface area contributed by atoms with Gasteiger partial charge in [-0.2, -0.15) is 0 Å². The van der Waals surface area contributed by atoms with E-state index in [1.54, 1.807) is 86.3 Å². The first kappa shape index (κ1) is 47.8. The van der Waals surface area contributed by atoms with Gasteiger partial charge in [0.1, 0.15) is 37.1 Å². The Morgan fingerprint density at radius 3 is 0.966 bits per heavy atom. The number of aromatic nitrogens is 2. The van der Waals surface area contributed by atoms with Gasteiger partial charge in [0.25, 0.3) is 0 Å². The zero-order valence-corrected chi connectivity index (χ0v) is 39.0. The number of pyridine rings is 2. The second-order valence-corrected chi connectivity index (χ2v) is 17.7. The minimum atomic E-state index is -0.847. The topological polar surface area (TPSA) is 25.8 Å². The first-order valence-electron chi connectivity index (χ1n) is 17.7. The molecule has 0 N–H and O–H groups in total. The van der Waals surface area contributed by atoms with Gasteiger partial charge >= 0.3 is 56.4 Å². The fraction of sp³-hybridized carbons (Fsp3) is 0.0213. The van der Waals surface area contributed by atoms with Crippen LogP contribution in [0.2, 0.25) is 0 Å². The predicted molar refractivity (Wildman–Crippen MR) is 234 cm³/mol. The third-order valence-corrected chi connectivity index (χ3v) is 15.3. The summed E-state index contributed by atoms with van der Waals surface area (Å²) < 4.78 is 51.6. The van der Waals surface area contributed by atoms with Crippen molar-refractivity contribution in [2.45, 2.75) is 0 Å². The van der Waals surface area contributed by atoms with E-state index in [2.05, 4.69) is 162 Å². The van der Waals surface area contributed by atoms with Gasteiger partial charge in [0, 0.05) is 35.7 Å². The maximum Gasteiger partial charge on any atom is 0.174 e. The summed E-state index contributed by atoms with van der Waals surface area (Å²) in [6, 6.07) is 63.5. The van der Waals surface area contributed by atoms with Gasteiger partial charge in [0.15, 0.2) is 5.90 Å². The van der Waals surface area contributed by atoms with Gasteiger partial charge in [-0.3, -0.25) is 17.6 Å². The summed E-state index contributed by atoms with van der Waals surface area (Å²) in [5.74, 6) is -1.33. The van der Waals surface area contributed by atoms with Gasteiger partial charge in [-0.15, -0.1) is 24.3 Å². The van der Waals surface area contributed by atoms with E-state index >= 15 is 0 Å². The zero-order chi connectivity index (χ0) is 42.2. The van der Waals surface area contributed by atoms with Gasteiger partial charge < -0.3 is 9.97 Å². The molecule has 0 saturated heterocycles. The van der Waals surface area contributed by atoms with Crippen LogP contribution in [0.25, 0.3) is 22.5 Å². The van der Waals surface area contributed by atoms with E-state index in [9.17, 15) is 17.6 Å². The maximum absolute atomic E-state index is 13.2. The van der Waals surface area contributed by atoms with Gasteiger partial charge in [0.05, 0.1) is 0 Å². The molecule has 2 nitrogen and oxygen atoms in total. The van der Waals surface area contributed by atoms with Crippen LogP contribution in [0.5, 0.6) is 0 Å². The number of hydrogen-bond acceptors (Lipinski definition) is 2. The van der Waals surface area contributed by atoms with Gasteiger partial charge in [-0.05, 0) is 72.1 Å². The number of benzene rings is 6. The molecule has 0 amide bonds. The molecule has 2 aromatic heterocycles. The average molecular weight is 1230 g/mol. The molecule has 0 aliphatic heterocycles. The second-order valence-electron chi connectivity index (χ2n) is 12.1. The van der Waals surface area contributed by atoms with Crippen molar-refractivity contribution in [3.05, 3.63) is 230 Å². The predicted octanol–water partition coefficient (Wildman–Crippen LogP) is 11.7. The molecular formula is C47H36Cl2F4N2P2Pt2+2. The van der Waals surface area contributed by atoms with E-state index in [-0.39, 0.29) is 11.1 Å². The van der Waals surface area contributed by atoms with Crippen LogP contribution in [0, 0.1) is 35.4 Å². The number of hydrogen-bond donors (Lipinski definition) is 0. The normalized spacial score (nSPS) is 10.1. The molecule has 0 radical (unpaired) electrons. The third kappa shape index (κ3) is 15.3. The van der Waals surface area contributed by atoms with E-state index in [0.29, 0.717) is 11.4 Å². The molecule has 0 bridgehead atoms. The van der Waals surface area contributed by atoms with E-state index in [1.165, 1.54) is 27.1 Å². The van der Waals surface area contributed by atoms with Crippen LogP contribution in [0.1, 0.15) is 0 Å². The van der Waals surface area contributed by atoms with Crippen molar-refractivity contribution < 1.29 is 55.1 Å². The summed E-state index contributed by atoms with van der Waals surface area (Å²) in [5.41, 5.74) is 1.27. The first-order chi connectivity index (χ1) is 29.0. The molecule has 0 unspecified atom stereocenters. The smallest absolute Gasteiger partial charge is 0.0620 e. The Labute approximate surface area is 376 Å². The Morgan fingerprint density at radius 1 is 0.424 bits per heavy atom. The van der Waals surface area contributed by atoms with Crippen molar-refractivity contribution >= 4 is 55.9 Å².